The maximum Gasteiger partial charge on any atom is 0.157 e. The number of rotatable bonds is 3. The van der Waals surface area contributed by atoms with E-state index in [2.05, 4.69) is 18.1 Å². The highest BCUT2D eigenvalue weighted by Crippen LogP contribution is 2.66. The molecule has 8 atom stereocenters. The molecule has 1 aromatic rings. The molecule has 0 bridgehead atoms. The van der Waals surface area contributed by atoms with Gasteiger partial charge in [0.2, 0.25) is 0 Å². The summed E-state index contributed by atoms with van der Waals surface area (Å²) in [6, 6.07) is 2.06. The lowest BCUT2D eigenvalue weighted by atomic mass is 9.48. The highest BCUT2D eigenvalue weighted by atomic mass is 19.1. The fraction of sp³-hybridized carbons (Fsp3) is 0.800. The topological polar surface area (TPSA) is 78.9 Å². The predicted octanol–water partition coefficient (Wildman–Crippen LogP) is 4.44. The fourth-order valence-electron chi connectivity index (χ4n) is 8.28. The smallest absolute Gasteiger partial charge is 0.157 e. The van der Waals surface area contributed by atoms with Gasteiger partial charge in [-0.1, -0.05) is 6.92 Å². The lowest BCUT2D eigenvalue weighted by Crippen LogP contribution is -2.58. The minimum absolute atomic E-state index is 0.00596. The summed E-state index contributed by atoms with van der Waals surface area (Å²) in [5.74, 6) is 1.02. The summed E-state index contributed by atoms with van der Waals surface area (Å²) in [5, 5.41) is 23.7. The van der Waals surface area contributed by atoms with Crippen molar-refractivity contribution in [2.45, 2.75) is 89.4 Å². The third kappa shape index (κ3) is 3.26. The summed E-state index contributed by atoms with van der Waals surface area (Å²) < 4.78 is 18.0. The number of halogens is 1. The molecule has 5 nitrogen and oxygen atoms in total. The van der Waals surface area contributed by atoms with Gasteiger partial charge in [-0.3, -0.25) is 9.48 Å². The van der Waals surface area contributed by atoms with Crippen molar-refractivity contribution in [1.29, 1.82) is 5.26 Å². The van der Waals surface area contributed by atoms with Gasteiger partial charge in [0.15, 0.2) is 5.78 Å². The summed E-state index contributed by atoms with van der Waals surface area (Å²) in [7, 11) is 0. The molecule has 4 aliphatic carbocycles. The first-order valence-corrected chi connectivity index (χ1v) is 12.0. The van der Waals surface area contributed by atoms with E-state index < -0.39 is 11.3 Å². The van der Waals surface area contributed by atoms with Crippen LogP contribution in [0.2, 0.25) is 0 Å². The van der Waals surface area contributed by atoms with Gasteiger partial charge in [-0.15, -0.1) is 0 Å². The van der Waals surface area contributed by atoms with Crippen LogP contribution in [-0.4, -0.2) is 31.9 Å². The molecule has 5 rings (SSSR count). The highest BCUT2D eigenvalue weighted by Gasteiger charge is 2.63. The van der Waals surface area contributed by atoms with Gasteiger partial charge in [0, 0.05) is 12.1 Å². The molecular weight excluding hydrogens is 393 g/mol. The third-order valence-corrected chi connectivity index (χ3v) is 9.78. The second kappa shape index (κ2) is 7.13. The molecule has 1 heterocycles. The number of hydrogen-bond acceptors (Lipinski definition) is 4. The van der Waals surface area contributed by atoms with Gasteiger partial charge in [0.05, 0.1) is 23.9 Å². The highest BCUT2D eigenvalue weighted by molar-refractivity contribution is 5.82. The molecule has 4 aliphatic rings. The number of fused-ring (bicyclic) bond motifs is 5. The Labute approximate surface area is 184 Å². The van der Waals surface area contributed by atoms with E-state index in [1.807, 2.05) is 6.92 Å². The molecule has 0 aromatic carbocycles. The first kappa shape index (κ1) is 21.1. The fourth-order valence-corrected chi connectivity index (χ4v) is 8.28. The van der Waals surface area contributed by atoms with Crippen LogP contribution in [0.1, 0.15) is 77.2 Å². The van der Waals surface area contributed by atoms with Crippen molar-refractivity contribution in [3.05, 3.63) is 18.0 Å². The van der Waals surface area contributed by atoms with Crippen LogP contribution < -0.4 is 0 Å². The van der Waals surface area contributed by atoms with Gasteiger partial charge in [-0.05, 0) is 93.8 Å². The predicted molar refractivity (Wildman–Crippen MR) is 114 cm³/mol. The van der Waals surface area contributed by atoms with Crippen molar-refractivity contribution in [2.24, 2.45) is 35.0 Å². The van der Waals surface area contributed by atoms with Crippen LogP contribution in [0.4, 0.5) is 4.39 Å². The van der Waals surface area contributed by atoms with Crippen molar-refractivity contribution in [3.63, 3.8) is 0 Å². The first-order valence-electron chi connectivity index (χ1n) is 12.0. The number of nitriles is 1. The summed E-state index contributed by atoms with van der Waals surface area (Å²) in [5.41, 5.74) is -1.45. The number of Topliss-reactive ketones (excluding diaryl/α,β-unsaturated/α-hetero) is 1. The maximum atomic E-state index is 16.4. The Bertz CT molecular complexity index is 920. The van der Waals surface area contributed by atoms with Gasteiger partial charge < -0.3 is 5.11 Å². The Kier molecular flexibility index (Phi) is 4.86. The van der Waals surface area contributed by atoms with E-state index in [-0.39, 0.29) is 35.5 Å². The van der Waals surface area contributed by atoms with Crippen molar-refractivity contribution in [2.75, 3.05) is 0 Å². The van der Waals surface area contributed by atoms with Crippen LogP contribution >= 0.6 is 0 Å². The molecule has 31 heavy (non-hydrogen) atoms. The van der Waals surface area contributed by atoms with Crippen molar-refractivity contribution >= 4 is 5.78 Å². The number of carbonyl (C=O) groups is 1. The molecule has 0 aliphatic heterocycles. The number of aromatic nitrogens is 2. The van der Waals surface area contributed by atoms with Gasteiger partial charge >= 0.3 is 0 Å². The number of carbonyl (C=O) groups excluding carboxylic acids is 1. The Morgan fingerprint density at radius 1 is 1.23 bits per heavy atom. The van der Waals surface area contributed by atoms with Crippen molar-refractivity contribution in [3.8, 4) is 6.07 Å². The van der Waals surface area contributed by atoms with Crippen LogP contribution in [0.3, 0.4) is 0 Å². The van der Waals surface area contributed by atoms with E-state index in [4.69, 9.17) is 5.26 Å². The molecule has 0 amide bonds. The minimum Gasteiger partial charge on any atom is -0.390 e. The number of aliphatic hydroxyl groups is 1. The molecule has 0 spiro atoms. The standard InChI is InChI=1S/C25H34FN3O2/c1-23(31)9-10-25(26)17(11-23)3-4-18-19-5-6-21(24(19,2)8-7-20(18)25)22(30)15-29-14-16(12-27)13-28-29/h13-14,17-21,31H,3-11,15H2,1-2H3/t17-,18-,19-,20?,21+,23+,24-,25+/m0/s1. The van der Waals surface area contributed by atoms with Gasteiger partial charge in [0.1, 0.15) is 11.7 Å². The molecule has 0 radical (unpaired) electrons. The Balaban J connectivity index is 1.34. The van der Waals surface area contributed by atoms with E-state index in [1.165, 1.54) is 6.20 Å². The number of alkyl halides is 1. The molecule has 6 heteroatoms. The second-order valence-corrected chi connectivity index (χ2v) is 11.5. The van der Waals surface area contributed by atoms with E-state index in [0.29, 0.717) is 36.7 Å². The van der Waals surface area contributed by atoms with E-state index in [9.17, 15) is 9.90 Å². The molecule has 168 valence electrons. The monoisotopic (exact) mass is 427 g/mol. The Hall–Kier alpha value is -1.74. The first-order chi connectivity index (χ1) is 14.7. The van der Waals surface area contributed by atoms with E-state index >= 15 is 4.39 Å². The summed E-state index contributed by atoms with van der Waals surface area (Å²) in [6.07, 6.45) is 10.3. The molecule has 4 fully saturated rings. The zero-order valence-corrected chi connectivity index (χ0v) is 18.7. The summed E-state index contributed by atoms with van der Waals surface area (Å²) in [6.45, 7) is 4.35. The molecule has 0 saturated heterocycles. The normalized spacial score (nSPS) is 46.5. The van der Waals surface area contributed by atoms with Crippen LogP contribution in [0.25, 0.3) is 0 Å². The number of ketones is 1. The van der Waals surface area contributed by atoms with Gasteiger partial charge in [0.25, 0.3) is 0 Å². The average Bonchev–Trinajstić information content (AvgIpc) is 3.31. The molecule has 1 aromatic heterocycles. The van der Waals surface area contributed by atoms with Crippen molar-refractivity contribution < 1.29 is 14.3 Å². The van der Waals surface area contributed by atoms with Crippen LogP contribution in [-0.2, 0) is 11.3 Å². The number of hydrogen-bond donors (Lipinski definition) is 1. The molecule has 1 unspecified atom stereocenters. The average molecular weight is 428 g/mol. The van der Waals surface area contributed by atoms with Crippen molar-refractivity contribution in [1.82, 2.24) is 9.78 Å². The minimum atomic E-state index is -1.14. The summed E-state index contributed by atoms with van der Waals surface area (Å²) in [4.78, 5) is 13.2. The Morgan fingerprint density at radius 3 is 2.77 bits per heavy atom. The SMILES string of the molecule is C[C@@]1(O)CC[C@]2(F)C3CC[C@]4(C)[C@@H](C(=O)Cn5cc(C#N)cn5)CC[C@H]4[C@@H]3CC[C@H]2C1. The maximum absolute atomic E-state index is 16.4. The largest absolute Gasteiger partial charge is 0.390 e. The number of nitrogens with zero attached hydrogens (tertiary/aromatic N) is 3. The lowest BCUT2D eigenvalue weighted by Gasteiger charge is -2.59. The summed E-state index contributed by atoms with van der Waals surface area (Å²) >= 11 is 0. The quantitative estimate of drug-likeness (QED) is 0.774. The van der Waals surface area contributed by atoms with Crippen LogP contribution in [0.15, 0.2) is 12.4 Å². The second-order valence-electron chi connectivity index (χ2n) is 11.5. The van der Waals surface area contributed by atoms with Crippen LogP contribution in [0, 0.1) is 46.3 Å². The molecule has 1 N–H and O–H groups in total. The zero-order chi connectivity index (χ0) is 22.0. The molecular formula is C25H34FN3O2. The molecule has 4 saturated carbocycles. The third-order valence-electron chi connectivity index (χ3n) is 9.78. The van der Waals surface area contributed by atoms with Crippen LogP contribution in [0.5, 0.6) is 0 Å². The Morgan fingerprint density at radius 2 is 2.03 bits per heavy atom. The van der Waals surface area contributed by atoms with Gasteiger partial charge in [-0.25, -0.2) is 4.39 Å². The van der Waals surface area contributed by atoms with Gasteiger partial charge in [-0.2, -0.15) is 10.4 Å². The van der Waals surface area contributed by atoms with E-state index in [1.54, 1.807) is 10.9 Å². The lowest BCUT2D eigenvalue weighted by molar-refractivity contribution is -0.166. The van der Waals surface area contributed by atoms with E-state index in [0.717, 1.165) is 38.5 Å². The zero-order valence-electron chi connectivity index (χ0n) is 18.7.